The van der Waals surface area contributed by atoms with E-state index in [1.165, 1.54) is 0 Å². The van der Waals surface area contributed by atoms with Gasteiger partial charge in [0.05, 0.1) is 18.6 Å². The number of halogens is 2. The van der Waals surface area contributed by atoms with Crippen molar-refractivity contribution in [2.45, 2.75) is 6.92 Å². The van der Waals surface area contributed by atoms with Crippen molar-refractivity contribution >= 4 is 37.6 Å². The predicted octanol–water partition coefficient (Wildman–Crippen LogP) is 3.97. The Hall–Kier alpha value is -0.450. The van der Waals surface area contributed by atoms with E-state index < -0.39 is 0 Å². The smallest absolute Gasteiger partial charge is 0.216 e. The van der Waals surface area contributed by atoms with E-state index in [0.29, 0.717) is 11.0 Å². The van der Waals surface area contributed by atoms with Crippen molar-refractivity contribution in [1.82, 2.24) is 0 Å². The maximum atomic E-state index is 12.2. The summed E-state index contributed by atoms with van der Waals surface area (Å²) in [6, 6.07) is 9.44. The molecule has 0 aromatic heterocycles. The van der Waals surface area contributed by atoms with Gasteiger partial charge in [0, 0.05) is 10.0 Å². The van der Waals surface area contributed by atoms with Gasteiger partial charge in [0.15, 0.2) is 0 Å². The first kappa shape index (κ1) is 15.6. The Balaban J connectivity index is 2.72. The van der Waals surface area contributed by atoms with Crippen LogP contribution in [0, 0.1) is 0 Å². The highest BCUT2D eigenvalue weighted by Crippen LogP contribution is 2.20. The molecule has 0 heterocycles. The van der Waals surface area contributed by atoms with Crippen molar-refractivity contribution in [2.75, 3.05) is 27.2 Å². The Kier molecular flexibility index (Phi) is 5.76. The van der Waals surface area contributed by atoms with Crippen LogP contribution in [0.25, 0.3) is 0 Å². The molecule has 0 atom stereocenters. The highest BCUT2D eigenvalue weighted by Gasteiger charge is 2.22. The second-order valence-corrected chi connectivity index (χ2v) is 7.13. The number of carbonyl (C=O) groups is 1. The third kappa shape index (κ3) is 5.04. The topological polar surface area (TPSA) is 17.1 Å². The standard InChI is InChI=1S/C14H18Br2NO/c1-11(15)13(16)9-17(2,3)10-14(18)12-7-5-4-6-8-12/h4-8H,9-10H2,1-3H3/q+1. The van der Waals surface area contributed by atoms with Crippen LogP contribution in [0.4, 0.5) is 0 Å². The number of likely N-dealkylation sites (N-methyl/N-ethyl adjacent to an activating group) is 1. The van der Waals surface area contributed by atoms with E-state index in [1.807, 2.05) is 37.3 Å². The number of hydrogen-bond acceptors (Lipinski definition) is 1. The van der Waals surface area contributed by atoms with Crippen molar-refractivity contribution in [3.05, 3.63) is 44.9 Å². The summed E-state index contributed by atoms with van der Waals surface area (Å²) in [4.78, 5) is 12.2. The summed E-state index contributed by atoms with van der Waals surface area (Å²) < 4.78 is 2.78. The van der Waals surface area contributed by atoms with Crippen LogP contribution in [0.15, 0.2) is 39.3 Å². The van der Waals surface area contributed by atoms with Crippen LogP contribution in [-0.4, -0.2) is 37.5 Å². The minimum Gasteiger partial charge on any atom is -0.318 e. The highest BCUT2D eigenvalue weighted by atomic mass is 79.9. The van der Waals surface area contributed by atoms with Gasteiger partial charge in [0.25, 0.3) is 0 Å². The Labute approximate surface area is 126 Å². The van der Waals surface area contributed by atoms with Gasteiger partial charge < -0.3 is 4.48 Å². The van der Waals surface area contributed by atoms with Gasteiger partial charge >= 0.3 is 0 Å². The Morgan fingerprint density at radius 3 is 2.17 bits per heavy atom. The van der Waals surface area contributed by atoms with E-state index in [-0.39, 0.29) is 5.78 Å². The maximum Gasteiger partial charge on any atom is 0.216 e. The van der Waals surface area contributed by atoms with Crippen molar-refractivity contribution < 1.29 is 9.28 Å². The molecule has 18 heavy (non-hydrogen) atoms. The van der Waals surface area contributed by atoms with E-state index in [4.69, 9.17) is 0 Å². The van der Waals surface area contributed by atoms with Gasteiger partial charge in [-0.3, -0.25) is 4.79 Å². The molecule has 0 unspecified atom stereocenters. The number of hydrogen-bond donors (Lipinski definition) is 0. The van der Waals surface area contributed by atoms with Crippen LogP contribution in [0.5, 0.6) is 0 Å². The molecule has 0 saturated carbocycles. The van der Waals surface area contributed by atoms with E-state index in [1.54, 1.807) is 0 Å². The number of benzene rings is 1. The summed E-state index contributed by atoms with van der Waals surface area (Å²) in [5.41, 5.74) is 0.777. The number of quaternary nitrogens is 1. The molecular weight excluding hydrogens is 358 g/mol. The number of Topliss-reactive ketones (excluding diaryl/α,β-unsaturated/α-hetero) is 1. The van der Waals surface area contributed by atoms with Crippen LogP contribution >= 0.6 is 31.9 Å². The molecule has 2 nitrogen and oxygen atoms in total. The van der Waals surface area contributed by atoms with Gasteiger partial charge in [-0.15, -0.1) is 0 Å². The largest absolute Gasteiger partial charge is 0.318 e. The first-order valence-electron chi connectivity index (χ1n) is 5.73. The lowest BCUT2D eigenvalue weighted by Gasteiger charge is -2.29. The summed E-state index contributed by atoms with van der Waals surface area (Å²) in [6.07, 6.45) is 0. The van der Waals surface area contributed by atoms with E-state index in [2.05, 4.69) is 46.0 Å². The number of allylic oxidation sites excluding steroid dienone is 1. The third-order valence-corrected chi connectivity index (χ3v) is 4.46. The van der Waals surface area contributed by atoms with E-state index >= 15 is 0 Å². The number of ketones is 1. The number of carbonyl (C=O) groups excluding carboxylic acids is 1. The van der Waals surface area contributed by atoms with Crippen molar-refractivity contribution in [3.63, 3.8) is 0 Å². The lowest BCUT2D eigenvalue weighted by atomic mass is 10.1. The van der Waals surface area contributed by atoms with Crippen LogP contribution < -0.4 is 0 Å². The molecule has 0 spiro atoms. The SMILES string of the molecule is CC(Br)=C(Br)C[N+](C)(C)CC(=O)c1ccccc1. The Bertz CT molecular complexity index is 448. The summed E-state index contributed by atoms with van der Waals surface area (Å²) in [5, 5.41) is 0. The highest BCUT2D eigenvalue weighted by molar-refractivity contribution is 9.14. The lowest BCUT2D eigenvalue weighted by molar-refractivity contribution is -0.876. The number of nitrogens with zero attached hydrogens (tertiary/aromatic N) is 1. The minimum atomic E-state index is 0.174. The van der Waals surface area contributed by atoms with E-state index in [0.717, 1.165) is 21.1 Å². The molecule has 0 aliphatic heterocycles. The van der Waals surface area contributed by atoms with Crippen LogP contribution in [0.2, 0.25) is 0 Å². The van der Waals surface area contributed by atoms with Crippen molar-refractivity contribution in [2.24, 2.45) is 0 Å². The van der Waals surface area contributed by atoms with Crippen LogP contribution in [0.3, 0.4) is 0 Å². The van der Waals surface area contributed by atoms with Gasteiger partial charge in [0.1, 0.15) is 13.1 Å². The van der Waals surface area contributed by atoms with Gasteiger partial charge in [-0.1, -0.05) is 46.3 Å². The molecule has 1 aromatic carbocycles. The quantitative estimate of drug-likeness (QED) is 0.562. The Morgan fingerprint density at radius 2 is 1.67 bits per heavy atom. The van der Waals surface area contributed by atoms with Gasteiger partial charge in [-0.2, -0.15) is 0 Å². The molecule has 0 amide bonds. The second-order valence-electron chi connectivity index (χ2n) is 4.98. The monoisotopic (exact) mass is 374 g/mol. The summed E-state index contributed by atoms with van der Waals surface area (Å²) in [6.45, 7) is 3.26. The zero-order valence-electron chi connectivity index (χ0n) is 10.9. The molecule has 1 rings (SSSR count). The predicted molar refractivity (Wildman–Crippen MR) is 83.2 cm³/mol. The fourth-order valence-electron chi connectivity index (χ4n) is 1.64. The molecule has 0 N–H and O–H groups in total. The third-order valence-electron chi connectivity index (χ3n) is 2.61. The fourth-order valence-corrected chi connectivity index (χ4v) is 2.45. The zero-order valence-corrected chi connectivity index (χ0v) is 14.1. The summed E-state index contributed by atoms with van der Waals surface area (Å²) >= 11 is 6.97. The average molecular weight is 376 g/mol. The maximum absolute atomic E-state index is 12.2. The molecule has 0 saturated heterocycles. The summed E-state index contributed by atoms with van der Waals surface area (Å²) in [7, 11) is 4.11. The molecule has 0 aliphatic carbocycles. The Morgan fingerprint density at radius 1 is 1.11 bits per heavy atom. The van der Waals surface area contributed by atoms with Crippen molar-refractivity contribution in [1.29, 1.82) is 0 Å². The number of rotatable bonds is 5. The summed E-state index contributed by atoms with van der Waals surface area (Å²) in [5.74, 6) is 0.174. The first-order chi connectivity index (χ1) is 8.32. The minimum absolute atomic E-state index is 0.174. The first-order valence-corrected chi connectivity index (χ1v) is 7.31. The molecule has 0 aliphatic rings. The molecule has 1 aromatic rings. The lowest BCUT2D eigenvalue weighted by Crippen LogP contribution is -2.44. The van der Waals surface area contributed by atoms with Crippen LogP contribution in [0.1, 0.15) is 17.3 Å². The molecular formula is C14H18Br2NO+. The normalized spacial score (nSPS) is 13.2. The molecule has 98 valence electrons. The van der Waals surface area contributed by atoms with Gasteiger partial charge in [0.2, 0.25) is 5.78 Å². The van der Waals surface area contributed by atoms with Crippen LogP contribution in [-0.2, 0) is 0 Å². The van der Waals surface area contributed by atoms with E-state index in [9.17, 15) is 4.79 Å². The zero-order chi connectivity index (χ0) is 13.8. The van der Waals surface area contributed by atoms with Crippen molar-refractivity contribution in [3.8, 4) is 0 Å². The average Bonchev–Trinajstić information content (AvgIpc) is 2.28. The van der Waals surface area contributed by atoms with Gasteiger partial charge in [-0.05, 0) is 22.9 Å². The second kappa shape index (κ2) is 6.64. The van der Waals surface area contributed by atoms with Gasteiger partial charge in [-0.25, -0.2) is 0 Å². The molecule has 4 heteroatoms. The molecule has 0 fully saturated rings. The fraction of sp³-hybridized carbons (Fsp3) is 0.357. The molecule has 0 bridgehead atoms. The molecule has 0 radical (unpaired) electrons.